The van der Waals surface area contributed by atoms with E-state index in [0.717, 1.165) is 5.69 Å². The quantitative estimate of drug-likeness (QED) is 0.946. The van der Waals surface area contributed by atoms with Crippen molar-refractivity contribution in [2.24, 2.45) is 5.92 Å². The monoisotopic (exact) mass is 319 g/mol. The molecule has 1 aliphatic rings. The zero-order chi connectivity index (χ0) is 15.7. The molecular formula is C15H14FN3O2S. The maximum Gasteiger partial charge on any atom is 0.231 e. The fraction of sp³-hybridized carbons (Fsp3) is 0.267. The number of hydrogen-bond donors (Lipinski definition) is 1. The Kier molecular flexibility index (Phi) is 3.89. The third kappa shape index (κ3) is 2.99. The van der Waals surface area contributed by atoms with Gasteiger partial charge in [-0.25, -0.2) is 9.37 Å². The minimum absolute atomic E-state index is 0.137. The van der Waals surface area contributed by atoms with Crippen LogP contribution in [0.4, 0.5) is 15.2 Å². The van der Waals surface area contributed by atoms with Crippen molar-refractivity contribution in [3.05, 3.63) is 41.2 Å². The lowest BCUT2D eigenvalue weighted by atomic mass is 10.1. The summed E-state index contributed by atoms with van der Waals surface area (Å²) in [5.74, 6) is -1.14. The number of nitrogens with one attached hydrogen (secondary N) is 1. The molecule has 1 aliphatic heterocycles. The molecule has 2 heterocycles. The average Bonchev–Trinajstić information content (AvgIpc) is 3.06. The van der Waals surface area contributed by atoms with Gasteiger partial charge in [-0.2, -0.15) is 0 Å². The maximum atomic E-state index is 12.9. The Morgan fingerprint density at radius 1 is 1.41 bits per heavy atom. The molecule has 1 N–H and O–H groups in total. The number of carbonyl (C=O) groups is 2. The van der Waals surface area contributed by atoms with Crippen molar-refractivity contribution in [1.29, 1.82) is 0 Å². The predicted molar refractivity (Wildman–Crippen MR) is 82.3 cm³/mol. The van der Waals surface area contributed by atoms with Gasteiger partial charge in [0.05, 0.1) is 11.6 Å². The van der Waals surface area contributed by atoms with Crippen LogP contribution >= 0.6 is 11.3 Å². The molecule has 3 rings (SSSR count). The standard InChI is InChI=1S/C15H14FN3O2S/c1-9-8-22-15(17-9)18-14(21)10-6-13(20)19(7-10)12-4-2-11(16)3-5-12/h2-5,8,10H,6-7H2,1H3,(H,17,18,21)/t10-/m1/s1. The third-order valence-electron chi connectivity index (χ3n) is 3.48. The van der Waals surface area contributed by atoms with Gasteiger partial charge in [-0.3, -0.25) is 9.59 Å². The molecule has 2 amide bonds. The Balaban J connectivity index is 1.68. The summed E-state index contributed by atoms with van der Waals surface area (Å²) in [4.78, 5) is 30.0. The summed E-state index contributed by atoms with van der Waals surface area (Å²) in [5, 5.41) is 5.12. The molecule has 5 nitrogen and oxygen atoms in total. The van der Waals surface area contributed by atoms with E-state index in [0.29, 0.717) is 17.4 Å². The van der Waals surface area contributed by atoms with Crippen molar-refractivity contribution in [2.75, 3.05) is 16.8 Å². The third-order valence-corrected chi connectivity index (χ3v) is 4.36. The first kappa shape index (κ1) is 14.6. The van der Waals surface area contributed by atoms with Crippen LogP contribution in [0.15, 0.2) is 29.6 Å². The van der Waals surface area contributed by atoms with E-state index < -0.39 is 5.92 Å². The molecule has 0 bridgehead atoms. The fourth-order valence-corrected chi connectivity index (χ4v) is 3.06. The van der Waals surface area contributed by atoms with Crippen molar-refractivity contribution in [3.8, 4) is 0 Å². The van der Waals surface area contributed by atoms with Crippen molar-refractivity contribution in [1.82, 2.24) is 4.98 Å². The lowest BCUT2D eigenvalue weighted by Crippen LogP contribution is -2.28. The van der Waals surface area contributed by atoms with Crippen LogP contribution in [0, 0.1) is 18.7 Å². The van der Waals surface area contributed by atoms with E-state index in [9.17, 15) is 14.0 Å². The Bertz CT molecular complexity index is 714. The second kappa shape index (κ2) is 5.84. The number of nitrogens with zero attached hydrogens (tertiary/aromatic N) is 2. The minimum atomic E-state index is -0.429. The van der Waals surface area contributed by atoms with E-state index in [1.54, 1.807) is 0 Å². The van der Waals surface area contributed by atoms with Crippen molar-refractivity contribution in [3.63, 3.8) is 0 Å². The number of rotatable bonds is 3. The zero-order valence-corrected chi connectivity index (χ0v) is 12.7. The van der Waals surface area contributed by atoms with Crippen LogP contribution in [0.2, 0.25) is 0 Å². The van der Waals surface area contributed by atoms with Gasteiger partial charge in [-0.05, 0) is 31.2 Å². The lowest BCUT2D eigenvalue weighted by molar-refractivity contribution is -0.122. The highest BCUT2D eigenvalue weighted by molar-refractivity contribution is 7.13. The number of aromatic nitrogens is 1. The van der Waals surface area contributed by atoms with Crippen LogP contribution < -0.4 is 10.2 Å². The summed E-state index contributed by atoms with van der Waals surface area (Å²) in [6.45, 7) is 2.14. The molecule has 114 valence electrons. The molecule has 0 spiro atoms. The van der Waals surface area contributed by atoms with Gasteiger partial charge in [-0.1, -0.05) is 0 Å². The van der Waals surface area contributed by atoms with Gasteiger partial charge in [0.25, 0.3) is 0 Å². The molecule has 2 aromatic rings. The van der Waals surface area contributed by atoms with E-state index in [1.807, 2.05) is 12.3 Å². The number of thiazole rings is 1. The maximum absolute atomic E-state index is 12.9. The number of hydrogen-bond acceptors (Lipinski definition) is 4. The van der Waals surface area contributed by atoms with Crippen LogP contribution in [0.25, 0.3) is 0 Å². The molecule has 1 aromatic carbocycles. The first-order valence-corrected chi connectivity index (χ1v) is 7.70. The van der Waals surface area contributed by atoms with E-state index >= 15 is 0 Å². The molecule has 1 fully saturated rings. The van der Waals surface area contributed by atoms with Crippen molar-refractivity contribution >= 4 is 34.0 Å². The zero-order valence-electron chi connectivity index (χ0n) is 11.9. The number of aryl methyl sites for hydroxylation is 1. The lowest BCUT2D eigenvalue weighted by Gasteiger charge is -2.16. The number of anilines is 2. The molecule has 0 unspecified atom stereocenters. The van der Waals surface area contributed by atoms with E-state index in [2.05, 4.69) is 10.3 Å². The highest BCUT2D eigenvalue weighted by Crippen LogP contribution is 2.26. The highest BCUT2D eigenvalue weighted by atomic mass is 32.1. The summed E-state index contributed by atoms with van der Waals surface area (Å²) in [6.07, 6.45) is 0.146. The Hall–Kier alpha value is -2.28. The number of carbonyl (C=O) groups excluding carboxylic acids is 2. The largest absolute Gasteiger partial charge is 0.312 e. The van der Waals surface area contributed by atoms with Gasteiger partial charge in [-0.15, -0.1) is 11.3 Å². The number of amides is 2. The van der Waals surface area contributed by atoms with Gasteiger partial charge in [0.15, 0.2) is 5.13 Å². The Morgan fingerprint density at radius 3 is 2.77 bits per heavy atom. The highest BCUT2D eigenvalue weighted by Gasteiger charge is 2.35. The first-order chi connectivity index (χ1) is 10.5. The Labute approximate surface area is 130 Å². The topological polar surface area (TPSA) is 62.3 Å². The van der Waals surface area contributed by atoms with E-state index in [4.69, 9.17) is 0 Å². The summed E-state index contributed by atoms with van der Waals surface area (Å²) in [7, 11) is 0. The minimum Gasteiger partial charge on any atom is -0.312 e. The summed E-state index contributed by atoms with van der Waals surface area (Å²) in [5.41, 5.74) is 1.45. The van der Waals surface area contributed by atoms with Crippen LogP contribution in [-0.4, -0.2) is 23.3 Å². The molecule has 1 aromatic heterocycles. The predicted octanol–water partition coefficient (Wildman–Crippen LogP) is 2.58. The normalized spacial score (nSPS) is 17.8. The van der Waals surface area contributed by atoms with Crippen LogP contribution in [0.5, 0.6) is 0 Å². The fourth-order valence-electron chi connectivity index (χ4n) is 2.37. The van der Waals surface area contributed by atoms with Gasteiger partial charge in [0, 0.05) is 24.0 Å². The van der Waals surface area contributed by atoms with E-state index in [1.165, 1.54) is 40.5 Å². The second-order valence-electron chi connectivity index (χ2n) is 5.17. The molecule has 0 radical (unpaired) electrons. The average molecular weight is 319 g/mol. The molecule has 0 aliphatic carbocycles. The SMILES string of the molecule is Cc1csc(NC(=O)[C@@H]2CC(=O)N(c3ccc(F)cc3)C2)n1. The molecule has 0 saturated carbocycles. The van der Waals surface area contributed by atoms with Crippen molar-refractivity contribution < 1.29 is 14.0 Å². The summed E-state index contributed by atoms with van der Waals surface area (Å²) < 4.78 is 12.9. The van der Waals surface area contributed by atoms with Crippen LogP contribution in [-0.2, 0) is 9.59 Å². The molecular weight excluding hydrogens is 305 g/mol. The van der Waals surface area contributed by atoms with Crippen molar-refractivity contribution in [2.45, 2.75) is 13.3 Å². The van der Waals surface area contributed by atoms with Crippen LogP contribution in [0.3, 0.4) is 0 Å². The van der Waals surface area contributed by atoms with Gasteiger partial charge >= 0.3 is 0 Å². The second-order valence-corrected chi connectivity index (χ2v) is 6.02. The number of benzene rings is 1. The summed E-state index contributed by atoms with van der Waals surface area (Å²) in [6, 6.07) is 5.68. The molecule has 7 heteroatoms. The van der Waals surface area contributed by atoms with Gasteiger partial charge < -0.3 is 10.2 Å². The van der Waals surface area contributed by atoms with Gasteiger partial charge in [0.1, 0.15) is 5.82 Å². The molecule has 1 atom stereocenters. The number of halogens is 1. The van der Waals surface area contributed by atoms with E-state index in [-0.39, 0.29) is 24.1 Å². The van der Waals surface area contributed by atoms with Crippen LogP contribution in [0.1, 0.15) is 12.1 Å². The summed E-state index contributed by atoms with van der Waals surface area (Å²) >= 11 is 1.35. The van der Waals surface area contributed by atoms with Gasteiger partial charge in [0.2, 0.25) is 11.8 Å². The molecule has 1 saturated heterocycles. The smallest absolute Gasteiger partial charge is 0.231 e. The molecule has 22 heavy (non-hydrogen) atoms. The first-order valence-electron chi connectivity index (χ1n) is 6.82. The Morgan fingerprint density at radius 2 is 2.14 bits per heavy atom.